The summed E-state index contributed by atoms with van der Waals surface area (Å²) in [5, 5.41) is 15.5. The van der Waals surface area contributed by atoms with Crippen molar-refractivity contribution in [1.29, 1.82) is 0 Å². The second kappa shape index (κ2) is 10.6. The van der Waals surface area contributed by atoms with Crippen molar-refractivity contribution in [3.63, 3.8) is 0 Å². The van der Waals surface area contributed by atoms with E-state index in [0.717, 1.165) is 55.4 Å². The third-order valence-electron chi connectivity index (χ3n) is 5.60. The van der Waals surface area contributed by atoms with Crippen LogP contribution in [0.1, 0.15) is 57.6 Å². The summed E-state index contributed by atoms with van der Waals surface area (Å²) in [6.45, 7) is 8.87. The molecule has 1 aromatic heterocycles. The van der Waals surface area contributed by atoms with E-state index in [1.54, 1.807) is 0 Å². The molecule has 3 atom stereocenters. The first-order valence-corrected chi connectivity index (χ1v) is 10.0. The summed E-state index contributed by atoms with van der Waals surface area (Å²) in [6, 6.07) is 0.478. The van der Waals surface area contributed by atoms with Gasteiger partial charge in [0.2, 0.25) is 0 Å². The average Bonchev–Trinajstić information content (AvgIpc) is 3.21. The molecule has 1 saturated heterocycles. The molecule has 2 heterocycles. The van der Waals surface area contributed by atoms with Crippen LogP contribution in [0, 0.1) is 18.8 Å². The molecule has 1 saturated carbocycles. The third-order valence-corrected chi connectivity index (χ3v) is 5.60. The number of guanidine groups is 1. The van der Waals surface area contributed by atoms with Crippen molar-refractivity contribution in [2.24, 2.45) is 23.9 Å². The van der Waals surface area contributed by atoms with Gasteiger partial charge in [-0.2, -0.15) is 0 Å². The predicted molar refractivity (Wildman–Crippen MR) is 118 cm³/mol. The number of ether oxygens (including phenoxy) is 1. The summed E-state index contributed by atoms with van der Waals surface area (Å²) in [5.41, 5.74) is 0. The number of hydrogen-bond donors (Lipinski definition) is 2. The summed E-state index contributed by atoms with van der Waals surface area (Å²) in [4.78, 5) is 4.79. The summed E-state index contributed by atoms with van der Waals surface area (Å²) in [5.74, 6) is 4.18. The molecular weight excluding hydrogens is 455 g/mol. The van der Waals surface area contributed by atoms with Crippen molar-refractivity contribution in [3.05, 3.63) is 11.6 Å². The molecule has 0 bridgehead atoms. The molecule has 3 unspecified atom stereocenters. The Morgan fingerprint density at radius 1 is 1.22 bits per heavy atom. The van der Waals surface area contributed by atoms with Gasteiger partial charge in [0.25, 0.3) is 0 Å². The third kappa shape index (κ3) is 6.58. The highest BCUT2D eigenvalue weighted by Crippen LogP contribution is 2.28. The molecule has 0 amide bonds. The van der Waals surface area contributed by atoms with Crippen molar-refractivity contribution in [3.8, 4) is 0 Å². The molecule has 3 rings (SSSR count). The maximum Gasteiger partial charge on any atom is 0.192 e. The Morgan fingerprint density at radius 2 is 1.96 bits per heavy atom. The summed E-state index contributed by atoms with van der Waals surface area (Å²) in [7, 11) is 1.98. The van der Waals surface area contributed by atoms with Crippen LogP contribution >= 0.6 is 24.0 Å². The second-order valence-electron chi connectivity index (χ2n) is 8.16. The Balaban J connectivity index is 0.00000261. The van der Waals surface area contributed by atoms with E-state index >= 15 is 0 Å². The van der Waals surface area contributed by atoms with Gasteiger partial charge in [-0.1, -0.05) is 13.8 Å². The van der Waals surface area contributed by atoms with E-state index < -0.39 is 0 Å². The summed E-state index contributed by atoms with van der Waals surface area (Å²) < 4.78 is 7.73. The Hall–Kier alpha value is -0.900. The molecule has 1 aliphatic heterocycles. The van der Waals surface area contributed by atoms with Crippen LogP contribution in [-0.2, 0) is 18.3 Å². The Morgan fingerprint density at radius 3 is 2.56 bits per heavy atom. The minimum Gasteiger partial charge on any atom is -0.376 e. The van der Waals surface area contributed by atoms with Crippen LogP contribution in [0.2, 0.25) is 0 Å². The molecule has 2 fully saturated rings. The maximum absolute atomic E-state index is 5.74. The van der Waals surface area contributed by atoms with Crippen molar-refractivity contribution in [1.82, 2.24) is 25.4 Å². The smallest absolute Gasteiger partial charge is 0.192 e. The topological polar surface area (TPSA) is 76.4 Å². The molecule has 27 heavy (non-hydrogen) atoms. The first kappa shape index (κ1) is 22.4. The molecule has 7 nitrogen and oxygen atoms in total. The van der Waals surface area contributed by atoms with E-state index in [-0.39, 0.29) is 24.0 Å². The SMILES string of the molecule is Cc1nnc(CN=C(NCC2CCCO2)NC2CC(C)CC(C)C2)n1C.I. The van der Waals surface area contributed by atoms with E-state index in [1.807, 2.05) is 18.5 Å². The fraction of sp³-hybridized carbons (Fsp3) is 0.842. The van der Waals surface area contributed by atoms with E-state index in [9.17, 15) is 0 Å². The number of halogens is 1. The van der Waals surface area contributed by atoms with Crippen LogP contribution in [0.4, 0.5) is 0 Å². The number of aryl methyl sites for hydroxylation is 1. The number of rotatable bonds is 5. The van der Waals surface area contributed by atoms with Crippen LogP contribution in [0.25, 0.3) is 0 Å². The fourth-order valence-corrected chi connectivity index (χ4v) is 4.17. The van der Waals surface area contributed by atoms with Crippen LogP contribution in [-0.4, -0.2) is 46.0 Å². The Kier molecular flexibility index (Phi) is 8.78. The van der Waals surface area contributed by atoms with Gasteiger partial charge >= 0.3 is 0 Å². The highest BCUT2D eigenvalue weighted by molar-refractivity contribution is 14.0. The number of nitrogens with zero attached hydrogens (tertiary/aromatic N) is 4. The fourth-order valence-electron chi connectivity index (χ4n) is 4.17. The van der Waals surface area contributed by atoms with Gasteiger partial charge in [-0.05, 0) is 50.9 Å². The highest BCUT2D eigenvalue weighted by atomic mass is 127. The van der Waals surface area contributed by atoms with E-state index in [0.29, 0.717) is 18.7 Å². The lowest BCUT2D eigenvalue weighted by atomic mass is 9.80. The zero-order chi connectivity index (χ0) is 18.5. The van der Waals surface area contributed by atoms with E-state index in [1.165, 1.54) is 19.3 Å². The van der Waals surface area contributed by atoms with Gasteiger partial charge in [-0.3, -0.25) is 0 Å². The van der Waals surface area contributed by atoms with Crippen LogP contribution in [0.5, 0.6) is 0 Å². The molecule has 154 valence electrons. The van der Waals surface area contributed by atoms with E-state index in [4.69, 9.17) is 9.73 Å². The molecular formula is C19H35IN6O. The van der Waals surface area contributed by atoms with Gasteiger partial charge in [0.15, 0.2) is 11.8 Å². The largest absolute Gasteiger partial charge is 0.376 e. The van der Waals surface area contributed by atoms with Crippen molar-refractivity contribution >= 4 is 29.9 Å². The monoisotopic (exact) mass is 490 g/mol. The van der Waals surface area contributed by atoms with Crippen molar-refractivity contribution in [2.75, 3.05) is 13.2 Å². The van der Waals surface area contributed by atoms with Crippen molar-refractivity contribution < 1.29 is 4.74 Å². The second-order valence-corrected chi connectivity index (χ2v) is 8.16. The van der Waals surface area contributed by atoms with Gasteiger partial charge in [0.1, 0.15) is 12.4 Å². The molecule has 2 N–H and O–H groups in total. The Labute approximate surface area is 180 Å². The van der Waals surface area contributed by atoms with Crippen LogP contribution in [0.3, 0.4) is 0 Å². The maximum atomic E-state index is 5.74. The number of nitrogens with one attached hydrogen (secondary N) is 2. The van der Waals surface area contributed by atoms with Gasteiger partial charge in [0, 0.05) is 26.2 Å². The number of aliphatic imine (C=N–C) groups is 1. The lowest BCUT2D eigenvalue weighted by Gasteiger charge is -2.33. The summed E-state index contributed by atoms with van der Waals surface area (Å²) >= 11 is 0. The quantitative estimate of drug-likeness (QED) is 0.377. The minimum atomic E-state index is 0. The zero-order valence-corrected chi connectivity index (χ0v) is 19.4. The average molecular weight is 490 g/mol. The molecule has 0 radical (unpaired) electrons. The molecule has 0 aromatic carbocycles. The first-order valence-electron chi connectivity index (χ1n) is 10.0. The number of hydrogen-bond acceptors (Lipinski definition) is 4. The normalized spacial score (nSPS) is 28.7. The molecule has 1 aliphatic carbocycles. The number of aromatic nitrogens is 3. The van der Waals surface area contributed by atoms with Crippen molar-refractivity contribution in [2.45, 2.75) is 71.6 Å². The zero-order valence-electron chi connectivity index (χ0n) is 17.1. The molecule has 2 aliphatic rings. The van der Waals surface area contributed by atoms with Crippen LogP contribution in [0.15, 0.2) is 4.99 Å². The molecule has 1 aromatic rings. The highest BCUT2D eigenvalue weighted by Gasteiger charge is 2.25. The molecule has 8 heteroatoms. The van der Waals surface area contributed by atoms with Gasteiger partial charge < -0.3 is 19.9 Å². The standard InChI is InChI=1S/C19H34N6O.HI/c1-13-8-14(2)10-16(9-13)22-19(20-11-17-6-5-7-26-17)21-12-18-24-23-15(3)25(18)4;/h13-14,16-17H,5-12H2,1-4H3,(H2,20,21,22);1H. The summed E-state index contributed by atoms with van der Waals surface area (Å²) in [6.07, 6.45) is 6.31. The lowest BCUT2D eigenvalue weighted by molar-refractivity contribution is 0.113. The molecule has 0 spiro atoms. The van der Waals surface area contributed by atoms with E-state index in [2.05, 4.69) is 34.7 Å². The minimum absolute atomic E-state index is 0. The van der Waals surface area contributed by atoms with Gasteiger partial charge in [-0.25, -0.2) is 4.99 Å². The van der Waals surface area contributed by atoms with Gasteiger partial charge in [-0.15, -0.1) is 34.2 Å². The predicted octanol–water partition coefficient (Wildman–Crippen LogP) is 2.78. The first-order chi connectivity index (χ1) is 12.5. The van der Waals surface area contributed by atoms with Gasteiger partial charge in [0.05, 0.1) is 6.10 Å². The van der Waals surface area contributed by atoms with Crippen LogP contribution < -0.4 is 10.6 Å². The lowest BCUT2D eigenvalue weighted by Crippen LogP contribution is -2.48. The Bertz CT molecular complexity index is 603.